The minimum Gasteiger partial charge on any atom is -0.454 e. The molecule has 24 heavy (non-hydrogen) atoms. The lowest BCUT2D eigenvalue weighted by molar-refractivity contribution is -0.117. The smallest absolute Gasteiger partial charge is 0.281 e. The van der Waals surface area contributed by atoms with Gasteiger partial charge in [-0.3, -0.25) is 15.0 Å². The zero-order chi connectivity index (χ0) is 16.9. The van der Waals surface area contributed by atoms with E-state index in [4.69, 9.17) is 15.3 Å². The molecule has 7 nitrogen and oxygen atoms in total. The summed E-state index contributed by atoms with van der Waals surface area (Å²) in [4.78, 5) is 24.2. The van der Waals surface area contributed by atoms with E-state index in [9.17, 15) is 9.59 Å². The fourth-order valence-electron chi connectivity index (χ4n) is 2.19. The molecule has 2 aromatic rings. The van der Waals surface area contributed by atoms with E-state index in [-0.39, 0.29) is 12.5 Å². The molecule has 1 aliphatic heterocycles. The van der Waals surface area contributed by atoms with Crippen LogP contribution in [-0.2, 0) is 4.79 Å². The van der Waals surface area contributed by atoms with E-state index in [1.165, 1.54) is 6.08 Å². The van der Waals surface area contributed by atoms with Crippen LogP contribution in [-0.4, -0.2) is 18.6 Å². The Morgan fingerprint density at radius 1 is 1.04 bits per heavy atom. The number of fused-ring (bicyclic) bond motifs is 1. The third-order valence-corrected chi connectivity index (χ3v) is 3.37. The minimum absolute atomic E-state index is 0.0187. The fraction of sp³-hybridized carbons (Fsp3) is 0.0588. The van der Waals surface area contributed by atoms with Crippen molar-refractivity contribution in [3.05, 3.63) is 65.4 Å². The lowest BCUT2D eigenvalue weighted by atomic mass is 10.1. The molecule has 1 heterocycles. The van der Waals surface area contributed by atoms with Crippen LogP contribution >= 0.6 is 0 Å². The summed E-state index contributed by atoms with van der Waals surface area (Å²) in [7, 11) is 0. The Morgan fingerprint density at radius 2 is 1.79 bits per heavy atom. The molecule has 0 saturated carbocycles. The molecule has 0 radical (unpaired) electrons. The van der Waals surface area contributed by atoms with Gasteiger partial charge in [-0.15, -0.1) is 0 Å². The van der Waals surface area contributed by atoms with Gasteiger partial charge >= 0.3 is 0 Å². The number of carbonyl (C=O) groups is 2. The number of hydrogen-bond donors (Lipinski definition) is 3. The van der Waals surface area contributed by atoms with E-state index >= 15 is 0 Å². The number of benzene rings is 2. The summed E-state index contributed by atoms with van der Waals surface area (Å²) in [6.45, 7) is 0.156. The molecule has 122 valence electrons. The van der Waals surface area contributed by atoms with Crippen LogP contribution in [0, 0.1) is 0 Å². The Hall–Kier alpha value is -3.32. The third-order valence-electron chi connectivity index (χ3n) is 3.37. The zero-order valence-corrected chi connectivity index (χ0v) is 12.6. The molecular weight excluding hydrogens is 310 g/mol. The predicted molar refractivity (Wildman–Crippen MR) is 86.8 cm³/mol. The van der Waals surface area contributed by atoms with Crippen LogP contribution in [0.2, 0.25) is 0 Å². The predicted octanol–water partition coefficient (Wildman–Crippen LogP) is 1.18. The summed E-state index contributed by atoms with van der Waals surface area (Å²) in [6.07, 6.45) is 1.50. The topological polar surface area (TPSA) is 103 Å². The number of ether oxygens (including phenoxy) is 2. The summed E-state index contributed by atoms with van der Waals surface area (Å²) >= 11 is 0. The van der Waals surface area contributed by atoms with E-state index in [2.05, 4.69) is 5.32 Å². The van der Waals surface area contributed by atoms with Gasteiger partial charge in [-0.25, -0.2) is 5.84 Å². The van der Waals surface area contributed by atoms with Crippen molar-refractivity contribution >= 4 is 17.9 Å². The molecule has 1 aliphatic rings. The molecule has 4 N–H and O–H groups in total. The summed E-state index contributed by atoms with van der Waals surface area (Å²) < 4.78 is 10.5. The second kappa shape index (κ2) is 6.84. The van der Waals surface area contributed by atoms with Crippen molar-refractivity contribution in [2.45, 2.75) is 0 Å². The van der Waals surface area contributed by atoms with Gasteiger partial charge in [-0.1, -0.05) is 24.3 Å². The first-order valence-corrected chi connectivity index (χ1v) is 7.16. The summed E-state index contributed by atoms with van der Waals surface area (Å²) in [5.74, 6) is 5.37. The zero-order valence-electron chi connectivity index (χ0n) is 12.6. The first kappa shape index (κ1) is 15.6. The van der Waals surface area contributed by atoms with Gasteiger partial charge in [0.15, 0.2) is 11.5 Å². The molecule has 0 aliphatic carbocycles. The Balaban J connectivity index is 1.86. The quantitative estimate of drug-likeness (QED) is 0.339. The molecule has 0 unspecified atom stereocenters. The minimum atomic E-state index is -0.614. The van der Waals surface area contributed by atoms with Crippen molar-refractivity contribution in [1.29, 1.82) is 0 Å². The van der Waals surface area contributed by atoms with E-state index in [0.717, 1.165) is 0 Å². The molecular formula is C17H15N3O4. The van der Waals surface area contributed by atoms with Gasteiger partial charge in [0.05, 0.1) is 0 Å². The first-order valence-electron chi connectivity index (χ1n) is 7.16. The first-order chi connectivity index (χ1) is 11.7. The number of nitrogens with one attached hydrogen (secondary N) is 2. The number of hydrogen-bond acceptors (Lipinski definition) is 5. The van der Waals surface area contributed by atoms with Crippen LogP contribution in [0.1, 0.15) is 15.9 Å². The van der Waals surface area contributed by atoms with Crippen LogP contribution < -0.4 is 26.1 Å². The van der Waals surface area contributed by atoms with Gasteiger partial charge in [-0.05, 0) is 35.9 Å². The van der Waals surface area contributed by atoms with E-state index in [1.54, 1.807) is 48.5 Å². The van der Waals surface area contributed by atoms with E-state index < -0.39 is 11.8 Å². The van der Waals surface area contributed by atoms with Crippen molar-refractivity contribution in [2.24, 2.45) is 5.84 Å². The van der Waals surface area contributed by atoms with Crippen molar-refractivity contribution in [2.75, 3.05) is 6.79 Å². The van der Waals surface area contributed by atoms with Crippen LogP contribution in [0.5, 0.6) is 11.5 Å². The maximum atomic E-state index is 12.2. The van der Waals surface area contributed by atoms with Crippen LogP contribution in [0.15, 0.2) is 54.2 Å². The van der Waals surface area contributed by atoms with Gasteiger partial charge in [-0.2, -0.15) is 0 Å². The largest absolute Gasteiger partial charge is 0.454 e. The second-order valence-corrected chi connectivity index (χ2v) is 4.96. The highest BCUT2D eigenvalue weighted by Crippen LogP contribution is 2.33. The van der Waals surface area contributed by atoms with Gasteiger partial charge in [0.25, 0.3) is 11.8 Å². The molecule has 2 amide bonds. The summed E-state index contributed by atoms with van der Waals surface area (Å²) in [6, 6.07) is 13.7. The Kier molecular flexibility index (Phi) is 4.44. The van der Waals surface area contributed by atoms with Gasteiger partial charge in [0, 0.05) is 5.56 Å². The number of rotatable bonds is 4. The van der Waals surface area contributed by atoms with Crippen molar-refractivity contribution < 1.29 is 19.1 Å². The summed E-state index contributed by atoms with van der Waals surface area (Å²) in [5.41, 5.74) is 3.12. The standard InChI is InChI=1S/C17H15N3O4/c18-20-17(22)13(19-16(21)12-4-2-1-3-5-12)8-11-6-7-14-15(9-11)24-10-23-14/h1-9H,10,18H2,(H,19,21)(H,20,22). The maximum Gasteiger partial charge on any atom is 0.281 e. The van der Waals surface area contributed by atoms with Gasteiger partial charge in [0.2, 0.25) is 6.79 Å². The normalized spacial score (nSPS) is 12.6. The van der Waals surface area contributed by atoms with Crippen LogP contribution in [0.25, 0.3) is 6.08 Å². The molecule has 0 bridgehead atoms. The molecule has 0 fully saturated rings. The number of amides is 2. The molecule has 0 saturated heterocycles. The van der Waals surface area contributed by atoms with E-state index in [0.29, 0.717) is 22.6 Å². The van der Waals surface area contributed by atoms with Crippen LogP contribution in [0.4, 0.5) is 0 Å². The van der Waals surface area contributed by atoms with Crippen molar-refractivity contribution in [1.82, 2.24) is 10.7 Å². The molecule has 0 atom stereocenters. The molecule has 7 heteroatoms. The molecule has 2 aromatic carbocycles. The average Bonchev–Trinajstić information content (AvgIpc) is 3.09. The van der Waals surface area contributed by atoms with Gasteiger partial charge < -0.3 is 14.8 Å². The molecule has 0 spiro atoms. The Bertz CT molecular complexity index is 803. The van der Waals surface area contributed by atoms with Crippen molar-refractivity contribution in [3.63, 3.8) is 0 Å². The lowest BCUT2D eigenvalue weighted by Gasteiger charge is -2.09. The highest BCUT2D eigenvalue weighted by Gasteiger charge is 2.16. The monoisotopic (exact) mass is 325 g/mol. The number of hydrazine groups is 1. The summed E-state index contributed by atoms with van der Waals surface area (Å²) in [5, 5.41) is 2.56. The molecule has 3 rings (SSSR count). The molecule has 0 aromatic heterocycles. The third kappa shape index (κ3) is 3.36. The fourth-order valence-corrected chi connectivity index (χ4v) is 2.19. The van der Waals surface area contributed by atoms with Crippen LogP contribution in [0.3, 0.4) is 0 Å². The van der Waals surface area contributed by atoms with Crippen molar-refractivity contribution in [3.8, 4) is 11.5 Å². The SMILES string of the molecule is NNC(=O)C(=Cc1ccc2c(c1)OCO2)NC(=O)c1ccccc1. The highest BCUT2D eigenvalue weighted by atomic mass is 16.7. The lowest BCUT2D eigenvalue weighted by Crippen LogP contribution is -2.38. The Labute approximate surface area is 138 Å². The second-order valence-electron chi connectivity index (χ2n) is 4.96. The number of carbonyl (C=O) groups excluding carboxylic acids is 2. The van der Waals surface area contributed by atoms with Gasteiger partial charge in [0.1, 0.15) is 5.70 Å². The van der Waals surface area contributed by atoms with E-state index in [1.807, 2.05) is 5.43 Å². The number of nitrogens with two attached hydrogens (primary N) is 1. The highest BCUT2D eigenvalue weighted by molar-refractivity contribution is 6.05. The maximum absolute atomic E-state index is 12.2. The average molecular weight is 325 g/mol. The Morgan fingerprint density at radius 3 is 2.54 bits per heavy atom.